The lowest BCUT2D eigenvalue weighted by Crippen LogP contribution is -2.35. The van der Waals surface area contributed by atoms with Crippen LogP contribution >= 0.6 is 11.8 Å². The molecule has 5 rings (SSSR count). The highest BCUT2D eigenvalue weighted by Crippen LogP contribution is 2.35. The molecule has 160 valence electrons. The van der Waals surface area contributed by atoms with E-state index in [1.165, 1.54) is 4.90 Å². The van der Waals surface area contributed by atoms with Gasteiger partial charge >= 0.3 is 0 Å². The number of nitrogens with zero attached hydrogens (tertiary/aromatic N) is 2. The number of hydrogen-bond acceptors (Lipinski definition) is 6. The highest BCUT2D eigenvalue weighted by molar-refractivity contribution is 8.14. The van der Waals surface area contributed by atoms with Crippen molar-refractivity contribution in [1.82, 2.24) is 14.8 Å². The first-order valence-electron chi connectivity index (χ1n) is 10.2. The van der Waals surface area contributed by atoms with E-state index in [-0.39, 0.29) is 29.4 Å². The third-order valence-corrected chi connectivity index (χ3v) is 6.56. The first-order valence-corrected chi connectivity index (χ1v) is 11.2. The Bertz CT molecular complexity index is 1070. The van der Waals surface area contributed by atoms with Gasteiger partial charge in [-0.1, -0.05) is 17.8 Å². The number of fused-ring (bicyclic) bond motifs is 1. The SMILES string of the molecule is O=C1Nc2ccc(CN3C(=O)CSC3=O)cc2/C1=C/c1[nH]ccc1CN1CCOCC1. The first-order chi connectivity index (χ1) is 15.1. The molecule has 2 fully saturated rings. The van der Waals surface area contributed by atoms with E-state index in [1.54, 1.807) is 0 Å². The molecule has 0 atom stereocenters. The average Bonchev–Trinajstić information content (AvgIpc) is 3.43. The molecule has 1 aromatic heterocycles. The second-order valence-corrected chi connectivity index (χ2v) is 8.66. The van der Waals surface area contributed by atoms with Crippen molar-refractivity contribution in [3.8, 4) is 0 Å². The topological polar surface area (TPSA) is 94.7 Å². The van der Waals surface area contributed by atoms with Crippen LogP contribution in [0.1, 0.15) is 22.4 Å². The van der Waals surface area contributed by atoms with Gasteiger partial charge in [0.05, 0.1) is 31.1 Å². The van der Waals surface area contributed by atoms with Crippen LogP contribution in [-0.4, -0.2) is 63.9 Å². The summed E-state index contributed by atoms with van der Waals surface area (Å²) >= 11 is 1.02. The average molecular weight is 439 g/mol. The lowest BCUT2D eigenvalue weighted by atomic mass is 10.0. The van der Waals surface area contributed by atoms with Crippen molar-refractivity contribution in [3.63, 3.8) is 0 Å². The van der Waals surface area contributed by atoms with Gasteiger partial charge in [0.25, 0.3) is 11.1 Å². The fraction of sp³-hybridized carbons (Fsp3) is 0.318. The largest absolute Gasteiger partial charge is 0.379 e. The molecule has 0 bridgehead atoms. The van der Waals surface area contributed by atoms with Crippen LogP contribution in [0.25, 0.3) is 11.6 Å². The van der Waals surface area contributed by atoms with Gasteiger partial charge in [0.15, 0.2) is 0 Å². The second kappa shape index (κ2) is 8.33. The number of thioether (sulfide) groups is 1. The van der Waals surface area contributed by atoms with E-state index in [1.807, 2.05) is 36.5 Å². The molecule has 1 aromatic carbocycles. The Labute approximate surface area is 183 Å². The molecular weight excluding hydrogens is 416 g/mol. The molecule has 3 amide bonds. The zero-order valence-electron chi connectivity index (χ0n) is 16.8. The van der Waals surface area contributed by atoms with E-state index >= 15 is 0 Å². The molecule has 0 unspecified atom stereocenters. The van der Waals surface area contributed by atoms with E-state index in [9.17, 15) is 14.4 Å². The van der Waals surface area contributed by atoms with E-state index in [4.69, 9.17) is 4.74 Å². The van der Waals surface area contributed by atoms with Crippen LogP contribution in [0, 0.1) is 0 Å². The van der Waals surface area contributed by atoms with Crippen LogP contribution in [0.4, 0.5) is 10.5 Å². The van der Waals surface area contributed by atoms with Gasteiger partial charge in [-0.25, -0.2) is 0 Å². The number of aromatic amines is 1. The zero-order chi connectivity index (χ0) is 21.4. The number of rotatable bonds is 5. The normalized spacial score (nSPS) is 20.6. The molecule has 0 saturated carbocycles. The Morgan fingerprint density at radius 2 is 1.94 bits per heavy atom. The lowest BCUT2D eigenvalue weighted by Gasteiger charge is -2.26. The maximum Gasteiger partial charge on any atom is 0.289 e. The van der Waals surface area contributed by atoms with Crippen LogP contribution in [0.3, 0.4) is 0 Å². The van der Waals surface area contributed by atoms with Crippen LogP contribution in [-0.2, 0) is 27.4 Å². The maximum atomic E-state index is 12.7. The summed E-state index contributed by atoms with van der Waals surface area (Å²) in [6.07, 6.45) is 3.76. The highest BCUT2D eigenvalue weighted by Gasteiger charge is 2.31. The molecule has 0 radical (unpaired) electrons. The summed E-state index contributed by atoms with van der Waals surface area (Å²) < 4.78 is 5.42. The molecule has 3 aliphatic rings. The molecule has 0 aliphatic carbocycles. The Morgan fingerprint density at radius 3 is 2.71 bits per heavy atom. The minimum Gasteiger partial charge on any atom is -0.379 e. The van der Waals surface area contributed by atoms with Gasteiger partial charge in [-0.05, 0) is 35.4 Å². The minimum absolute atomic E-state index is 0.164. The number of H-pyrrole nitrogens is 1. The molecule has 31 heavy (non-hydrogen) atoms. The number of anilines is 1. The molecular formula is C22H22N4O4S. The van der Waals surface area contributed by atoms with Crippen LogP contribution in [0.2, 0.25) is 0 Å². The number of aromatic nitrogens is 1. The van der Waals surface area contributed by atoms with Gasteiger partial charge in [0.1, 0.15) is 0 Å². The molecule has 2 aromatic rings. The van der Waals surface area contributed by atoms with Crippen LogP contribution in [0.15, 0.2) is 30.5 Å². The number of benzene rings is 1. The second-order valence-electron chi connectivity index (χ2n) is 7.73. The van der Waals surface area contributed by atoms with Crippen molar-refractivity contribution in [2.24, 2.45) is 0 Å². The van der Waals surface area contributed by atoms with Crippen LogP contribution in [0.5, 0.6) is 0 Å². The van der Waals surface area contributed by atoms with Gasteiger partial charge < -0.3 is 15.0 Å². The van der Waals surface area contributed by atoms with E-state index in [2.05, 4.69) is 15.2 Å². The highest BCUT2D eigenvalue weighted by atomic mass is 32.2. The van der Waals surface area contributed by atoms with Crippen molar-refractivity contribution < 1.29 is 19.1 Å². The summed E-state index contributed by atoms with van der Waals surface area (Å²) in [6, 6.07) is 7.58. The summed E-state index contributed by atoms with van der Waals surface area (Å²) in [5.74, 6) is -0.157. The number of hydrogen-bond donors (Lipinski definition) is 2. The standard InChI is InChI=1S/C22H22N4O4S/c27-20-13-31-22(29)26(20)11-14-1-2-18-16(9-14)17(21(28)24-18)10-19-15(3-4-23-19)12-25-5-7-30-8-6-25/h1-4,9-10,23H,5-8,11-13H2,(H,24,28)/b17-10-. The molecule has 2 N–H and O–H groups in total. The van der Waals surface area contributed by atoms with Gasteiger partial charge in [0.2, 0.25) is 5.91 Å². The number of carbonyl (C=O) groups excluding carboxylic acids is 3. The summed E-state index contributed by atoms with van der Waals surface area (Å²) in [5.41, 5.74) is 4.91. The van der Waals surface area contributed by atoms with Crippen molar-refractivity contribution in [2.75, 3.05) is 37.4 Å². The zero-order valence-corrected chi connectivity index (χ0v) is 17.7. The number of carbonyl (C=O) groups is 3. The van der Waals surface area contributed by atoms with Gasteiger partial charge in [-0.2, -0.15) is 0 Å². The number of ether oxygens (including phenoxy) is 1. The molecule has 4 heterocycles. The number of imide groups is 1. The smallest absolute Gasteiger partial charge is 0.289 e. The van der Waals surface area contributed by atoms with Gasteiger partial charge in [-0.3, -0.25) is 24.2 Å². The summed E-state index contributed by atoms with van der Waals surface area (Å²) in [6.45, 7) is 4.25. The summed E-state index contributed by atoms with van der Waals surface area (Å²) in [7, 11) is 0. The van der Waals surface area contributed by atoms with Crippen LogP contribution < -0.4 is 5.32 Å². The third-order valence-electron chi connectivity index (χ3n) is 5.70. The predicted molar refractivity (Wildman–Crippen MR) is 118 cm³/mol. The Kier molecular flexibility index (Phi) is 5.39. The van der Waals surface area contributed by atoms with Crippen molar-refractivity contribution in [1.29, 1.82) is 0 Å². The molecule has 2 saturated heterocycles. The minimum atomic E-state index is -0.227. The molecule has 0 spiro atoms. The van der Waals surface area contributed by atoms with Gasteiger partial charge in [-0.15, -0.1) is 0 Å². The fourth-order valence-electron chi connectivity index (χ4n) is 4.02. The third kappa shape index (κ3) is 4.04. The first kappa shape index (κ1) is 20.0. The number of morpholine rings is 1. The van der Waals surface area contributed by atoms with E-state index in [0.29, 0.717) is 5.57 Å². The Balaban J connectivity index is 1.41. The Morgan fingerprint density at radius 1 is 1.10 bits per heavy atom. The fourth-order valence-corrected chi connectivity index (χ4v) is 4.75. The van der Waals surface area contributed by atoms with E-state index < -0.39 is 0 Å². The predicted octanol–water partition coefficient (Wildman–Crippen LogP) is 2.54. The summed E-state index contributed by atoms with van der Waals surface area (Å²) in [4.78, 5) is 43.4. The number of nitrogens with one attached hydrogen (secondary N) is 2. The Hall–Kier alpha value is -2.88. The van der Waals surface area contributed by atoms with Crippen molar-refractivity contribution >= 4 is 46.2 Å². The number of amides is 3. The molecule has 9 heteroatoms. The quantitative estimate of drug-likeness (QED) is 0.697. The van der Waals surface area contributed by atoms with Gasteiger partial charge in [0, 0.05) is 42.8 Å². The lowest BCUT2D eigenvalue weighted by molar-refractivity contribution is -0.125. The monoisotopic (exact) mass is 438 g/mol. The molecule has 3 aliphatic heterocycles. The molecule has 8 nitrogen and oxygen atoms in total. The van der Waals surface area contributed by atoms with Crippen molar-refractivity contribution in [2.45, 2.75) is 13.1 Å². The summed E-state index contributed by atoms with van der Waals surface area (Å²) in [5, 5.41) is 2.67. The maximum absolute atomic E-state index is 12.7. The van der Waals surface area contributed by atoms with E-state index in [0.717, 1.165) is 72.7 Å². The van der Waals surface area contributed by atoms with Crippen molar-refractivity contribution in [3.05, 3.63) is 52.8 Å².